The number of rotatable bonds is 3. The molecule has 4 nitrogen and oxygen atoms in total. The topological polar surface area (TPSA) is 55.1 Å². The summed E-state index contributed by atoms with van der Waals surface area (Å²) >= 11 is 0. The summed E-state index contributed by atoms with van der Waals surface area (Å²) in [5.41, 5.74) is 2.86. The third-order valence-electron chi connectivity index (χ3n) is 2.82. The average molecular weight is 260 g/mol. The van der Waals surface area contributed by atoms with Gasteiger partial charge in [0.1, 0.15) is 5.82 Å². The molecule has 0 unspecified atom stereocenters. The van der Waals surface area contributed by atoms with Gasteiger partial charge < -0.3 is 5.11 Å². The summed E-state index contributed by atoms with van der Waals surface area (Å²) < 4.78 is 14.6. The number of carboxylic acids is 1. The Balaban J connectivity index is 2.55. The molecule has 1 heterocycles. The third kappa shape index (κ3) is 2.70. The monoisotopic (exact) mass is 260 g/mol. The van der Waals surface area contributed by atoms with Gasteiger partial charge in [0.2, 0.25) is 0 Å². The van der Waals surface area contributed by atoms with Crippen molar-refractivity contribution in [3.8, 4) is 11.3 Å². The summed E-state index contributed by atoms with van der Waals surface area (Å²) in [7, 11) is 1.76. The number of hydrogen-bond acceptors (Lipinski definition) is 2. The first kappa shape index (κ1) is 13.0. The number of benzene rings is 1. The van der Waals surface area contributed by atoms with Gasteiger partial charge in [0, 0.05) is 24.3 Å². The van der Waals surface area contributed by atoms with E-state index < -0.39 is 5.97 Å². The van der Waals surface area contributed by atoms with Crippen molar-refractivity contribution < 1.29 is 14.3 Å². The van der Waals surface area contributed by atoms with Gasteiger partial charge in [0.25, 0.3) is 0 Å². The molecular formula is C14H13FN2O2. The molecule has 0 spiro atoms. The van der Waals surface area contributed by atoms with Crippen molar-refractivity contribution in [3.63, 3.8) is 0 Å². The molecule has 1 aromatic carbocycles. The van der Waals surface area contributed by atoms with Gasteiger partial charge in [-0.1, -0.05) is 0 Å². The molecule has 0 radical (unpaired) electrons. The lowest BCUT2D eigenvalue weighted by Gasteiger charge is -2.06. The Kier molecular flexibility index (Phi) is 3.46. The normalized spacial score (nSPS) is 11.6. The van der Waals surface area contributed by atoms with E-state index in [1.165, 1.54) is 12.1 Å². The van der Waals surface area contributed by atoms with Gasteiger partial charge >= 0.3 is 5.97 Å². The van der Waals surface area contributed by atoms with Gasteiger partial charge in [-0.05, 0) is 36.8 Å². The molecule has 98 valence electrons. The lowest BCUT2D eigenvalue weighted by molar-refractivity contribution is -0.131. The van der Waals surface area contributed by atoms with Crippen LogP contribution in [-0.4, -0.2) is 20.9 Å². The highest BCUT2D eigenvalue weighted by Crippen LogP contribution is 2.28. The van der Waals surface area contributed by atoms with Crippen LogP contribution in [0.2, 0.25) is 0 Å². The zero-order valence-corrected chi connectivity index (χ0v) is 10.6. The maximum atomic E-state index is 12.9. The zero-order chi connectivity index (χ0) is 14.0. The fourth-order valence-electron chi connectivity index (χ4n) is 1.94. The standard InChI is InChI=1S/C14H13FN2O2/c1-9(7-13(18)19)12-8-16-17(2)14(12)10-3-5-11(15)6-4-10/h3-8H,1-2H3,(H,18,19)/b9-7-. The highest BCUT2D eigenvalue weighted by atomic mass is 19.1. The van der Waals surface area contributed by atoms with Gasteiger partial charge in [0.05, 0.1) is 11.9 Å². The highest BCUT2D eigenvalue weighted by Gasteiger charge is 2.13. The van der Waals surface area contributed by atoms with Crippen LogP contribution in [0.15, 0.2) is 36.5 Å². The van der Waals surface area contributed by atoms with Gasteiger partial charge in [-0.3, -0.25) is 4.68 Å². The molecule has 0 atom stereocenters. The molecule has 0 aliphatic rings. The summed E-state index contributed by atoms with van der Waals surface area (Å²) in [4.78, 5) is 10.7. The Morgan fingerprint density at radius 1 is 1.37 bits per heavy atom. The Morgan fingerprint density at radius 2 is 2.00 bits per heavy atom. The first-order chi connectivity index (χ1) is 8.99. The van der Waals surface area contributed by atoms with E-state index in [2.05, 4.69) is 5.10 Å². The van der Waals surface area contributed by atoms with Crippen LogP contribution in [-0.2, 0) is 11.8 Å². The van der Waals surface area contributed by atoms with Crippen molar-refractivity contribution in [2.45, 2.75) is 6.92 Å². The molecule has 0 amide bonds. The number of carboxylic acid groups (broad SMARTS) is 1. The summed E-state index contributed by atoms with van der Waals surface area (Å²) in [6.45, 7) is 1.71. The SMILES string of the molecule is C/C(=C/C(=O)O)c1cnn(C)c1-c1ccc(F)cc1. The van der Waals surface area contributed by atoms with E-state index in [4.69, 9.17) is 5.11 Å². The number of aliphatic carboxylic acids is 1. The van der Waals surface area contributed by atoms with Crippen LogP contribution in [0.25, 0.3) is 16.8 Å². The first-order valence-corrected chi connectivity index (χ1v) is 5.68. The van der Waals surface area contributed by atoms with Crippen molar-refractivity contribution in [2.24, 2.45) is 7.05 Å². The van der Waals surface area contributed by atoms with Gasteiger partial charge in [-0.2, -0.15) is 5.10 Å². The number of aryl methyl sites for hydroxylation is 1. The molecule has 1 N–H and O–H groups in total. The smallest absolute Gasteiger partial charge is 0.328 e. The molecule has 0 bridgehead atoms. The van der Waals surface area contributed by atoms with E-state index in [0.29, 0.717) is 5.57 Å². The fourth-order valence-corrected chi connectivity index (χ4v) is 1.94. The van der Waals surface area contributed by atoms with Gasteiger partial charge in [0.15, 0.2) is 0 Å². The number of halogens is 1. The minimum absolute atomic E-state index is 0.315. The summed E-state index contributed by atoms with van der Waals surface area (Å²) in [5.74, 6) is -1.32. The van der Waals surface area contributed by atoms with E-state index in [1.54, 1.807) is 37.0 Å². The van der Waals surface area contributed by atoms with E-state index in [-0.39, 0.29) is 5.82 Å². The predicted octanol–water partition coefficient (Wildman–Crippen LogP) is 2.71. The van der Waals surface area contributed by atoms with Crippen molar-refractivity contribution in [3.05, 3.63) is 47.9 Å². The van der Waals surface area contributed by atoms with Crippen LogP contribution in [0, 0.1) is 5.82 Å². The Labute approximate surface area is 109 Å². The van der Waals surface area contributed by atoms with Gasteiger partial charge in [-0.15, -0.1) is 0 Å². The second kappa shape index (κ2) is 5.06. The molecule has 0 fully saturated rings. The molecule has 0 saturated heterocycles. The van der Waals surface area contributed by atoms with Crippen LogP contribution >= 0.6 is 0 Å². The van der Waals surface area contributed by atoms with Crippen LogP contribution < -0.4 is 0 Å². The molecule has 2 aromatic rings. The third-order valence-corrected chi connectivity index (χ3v) is 2.82. The Bertz CT molecular complexity index is 642. The Morgan fingerprint density at radius 3 is 2.58 bits per heavy atom. The second-order valence-corrected chi connectivity index (χ2v) is 4.20. The van der Waals surface area contributed by atoms with Crippen LogP contribution in [0.3, 0.4) is 0 Å². The molecule has 0 aliphatic carbocycles. The maximum absolute atomic E-state index is 12.9. The average Bonchev–Trinajstić information content (AvgIpc) is 2.71. The van der Waals surface area contributed by atoms with E-state index in [0.717, 1.165) is 22.9 Å². The number of nitrogens with zero attached hydrogens (tertiary/aromatic N) is 2. The molecule has 0 aliphatic heterocycles. The van der Waals surface area contributed by atoms with Crippen LogP contribution in [0.1, 0.15) is 12.5 Å². The zero-order valence-electron chi connectivity index (χ0n) is 10.6. The lowest BCUT2D eigenvalue weighted by atomic mass is 10.0. The number of hydrogen-bond donors (Lipinski definition) is 1. The van der Waals surface area contributed by atoms with E-state index >= 15 is 0 Å². The maximum Gasteiger partial charge on any atom is 0.328 e. The largest absolute Gasteiger partial charge is 0.478 e. The number of aromatic nitrogens is 2. The summed E-state index contributed by atoms with van der Waals surface area (Å²) in [6.07, 6.45) is 2.73. The summed E-state index contributed by atoms with van der Waals surface area (Å²) in [5, 5.41) is 12.9. The molecule has 0 saturated carbocycles. The molecule has 19 heavy (non-hydrogen) atoms. The quantitative estimate of drug-likeness (QED) is 0.863. The first-order valence-electron chi connectivity index (χ1n) is 5.68. The summed E-state index contributed by atoms with van der Waals surface area (Å²) in [6, 6.07) is 6.01. The lowest BCUT2D eigenvalue weighted by Crippen LogP contribution is -1.96. The van der Waals surface area contributed by atoms with Gasteiger partial charge in [-0.25, -0.2) is 9.18 Å². The van der Waals surface area contributed by atoms with Crippen molar-refractivity contribution in [1.82, 2.24) is 9.78 Å². The second-order valence-electron chi connectivity index (χ2n) is 4.20. The molecule has 5 heteroatoms. The highest BCUT2D eigenvalue weighted by molar-refractivity contribution is 5.92. The van der Waals surface area contributed by atoms with Crippen molar-refractivity contribution >= 4 is 11.5 Å². The van der Waals surface area contributed by atoms with Crippen molar-refractivity contribution in [1.29, 1.82) is 0 Å². The minimum atomic E-state index is -1.01. The van der Waals surface area contributed by atoms with E-state index in [1.807, 2.05) is 0 Å². The van der Waals surface area contributed by atoms with E-state index in [9.17, 15) is 9.18 Å². The van der Waals surface area contributed by atoms with Crippen LogP contribution in [0.5, 0.6) is 0 Å². The van der Waals surface area contributed by atoms with Crippen molar-refractivity contribution in [2.75, 3.05) is 0 Å². The van der Waals surface area contributed by atoms with Crippen LogP contribution in [0.4, 0.5) is 4.39 Å². The Hall–Kier alpha value is -2.43. The molecule has 1 aromatic heterocycles. The predicted molar refractivity (Wildman–Crippen MR) is 69.9 cm³/mol. The molecular weight excluding hydrogens is 247 g/mol. The number of carbonyl (C=O) groups is 1. The fraction of sp³-hybridized carbons (Fsp3) is 0.143. The molecule has 2 rings (SSSR count). The minimum Gasteiger partial charge on any atom is -0.478 e. The number of allylic oxidation sites excluding steroid dienone is 1.